The molecule has 168 valence electrons. The predicted molar refractivity (Wildman–Crippen MR) is 106 cm³/mol. The van der Waals surface area contributed by atoms with Crippen molar-refractivity contribution in [1.82, 2.24) is 0 Å². The van der Waals surface area contributed by atoms with Crippen molar-refractivity contribution in [3.63, 3.8) is 0 Å². The van der Waals surface area contributed by atoms with Crippen LogP contribution in [0, 0.1) is 17.5 Å². The number of halogens is 3. The van der Waals surface area contributed by atoms with Crippen molar-refractivity contribution in [3.05, 3.63) is 76.1 Å². The molecule has 2 aliphatic rings. The molecular weight excluding hydrogens is 465 g/mol. The summed E-state index contributed by atoms with van der Waals surface area (Å²) in [6, 6.07) is 7.25. The quantitative estimate of drug-likeness (QED) is 0.292. The molecule has 0 saturated carbocycles. The Labute approximate surface area is 187 Å². The number of hydrogen-bond donors (Lipinski definition) is 3. The van der Waals surface area contributed by atoms with Gasteiger partial charge in [-0.15, -0.1) is 11.8 Å². The van der Waals surface area contributed by atoms with Gasteiger partial charge in [0.1, 0.15) is 34.4 Å². The summed E-state index contributed by atoms with van der Waals surface area (Å²) in [5.41, 5.74) is -3.80. The maximum absolute atomic E-state index is 15.8. The van der Waals surface area contributed by atoms with Gasteiger partial charge in [0.05, 0.1) is 16.2 Å². The monoisotopic (exact) mass is 476 g/mol. The molecule has 33 heavy (non-hydrogen) atoms. The van der Waals surface area contributed by atoms with Gasteiger partial charge in [0, 0.05) is 23.3 Å². The Balaban J connectivity index is 1.90. The zero-order valence-corrected chi connectivity index (χ0v) is 17.0. The lowest BCUT2D eigenvalue weighted by Gasteiger charge is -2.36. The molecule has 0 aliphatic carbocycles. The molecular formula is C22H11F3O7S. The lowest BCUT2D eigenvalue weighted by atomic mass is 9.77. The minimum absolute atomic E-state index is 0.00434. The highest BCUT2D eigenvalue weighted by Crippen LogP contribution is 2.58. The normalized spacial score (nSPS) is 14.8. The van der Waals surface area contributed by atoms with Gasteiger partial charge in [0.15, 0.2) is 17.2 Å². The second kappa shape index (κ2) is 7.07. The van der Waals surface area contributed by atoms with E-state index in [-0.39, 0.29) is 45.9 Å². The Kier molecular flexibility index (Phi) is 4.50. The third-order valence-electron chi connectivity index (χ3n) is 5.33. The fourth-order valence-electron chi connectivity index (χ4n) is 4.08. The molecule has 5 rings (SSSR count). The summed E-state index contributed by atoms with van der Waals surface area (Å²) in [7, 11) is 0. The van der Waals surface area contributed by atoms with Gasteiger partial charge in [-0.25, -0.2) is 18.0 Å². The van der Waals surface area contributed by atoms with E-state index in [1.165, 1.54) is 24.3 Å². The van der Waals surface area contributed by atoms with Crippen molar-refractivity contribution >= 4 is 23.7 Å². The number of esters is 1. The van der Waals surface area contributed by atoms with Crippen molar-refractivity contribution < 1.29 is 47.6 Å². The number of carbonyl (C=O) groups is 2. The first kappa shape index (κ1) is 21.0. The second-order valence-electron chi connectivity index (χ2n) is 7.24. The smallest absolute Gasteiger partial charge is 0.343 e. The zero-order chi connectivity index (χ0) is 23.7. The van der Waals surface area contributed by atoms with Gasteiger partial charge in [-0.05, 0) is 24.3 Å². The first-order valence-electron chi connectivity index (χ1n) is 9.28. The van der Waals surface area contributed by atoms with Crippen molar-refractivity contribution in [2.75, 3.05) is 5.75 Å². The number of aromatic hydroxyl groups is 2. The average Bonchev–Trinajstić information content (AvgIpc) is 3.05. The average molecular weight is 476 g/mol. The molecule has 3 N–H and O–H groups in total. The van der Waals surface area contributed by atoms with Crippen LogP contribution in [0.1, 0.15) is 27.0 Å². The minimum atomic E-state index is -2.16. The molecule has 2 aliphatic heterocycles. The van der Waals surface area contributed by atoms with E-state index in [0.29, 0.717) is 0 Å². The lowest BCUT2D eigenvalue weighted by molar-refractivity contribution is -0.133. The van der Waals surface area contributed by atoms with Gasteiger partial charge < -0.3 is 24.8 Å². The van der Waals surface area contributed by atoms with Gasteiger partial charge >= 0.3 is 11.9 Å². The molecule has 11 heteroatoms. The standard InChI is InChI=1S/C22H11F3O7S/c23-17-15-16(18(24)20(19(17)25)33-7-14(28)29)22(32-21(15)30)10-3-1-8(26)5-12(10)31-13-6-9(27)2-4-11(13)22/h1-6,26-27H,7H2,(H,28,29). The molecule has 0 amide bonds. The molecule has 1 spiro atoms. The Morgan fingerprint density at radius 3 is 2.06 bits per heavy atom. The lowest BCUT2D eigenvalue weighted by Crippen LogP contribution is -2.34. The van der Waals surface area contributed by atoms with Crippen LogP contribution in [0.2, 0.25) is 0 Å². The molecule has 0 bridgehead atoms. The number of carboxylic acid groups (broad SMARTS) is 1. The number of phenols is 2. The largest absolute Gasteiger partial charge is 0.508 e. The Bertz CT molecular complexity index is 1340. The molecule has 3 aromatic rings. The van der Waals surface area contributed by atoms with E-state index in [4.69, 9.17) is 14.6 Å². The molecule has 7 nitrogen and oxygen atoms in total. The summed E-state index contributed by atoms with van der Waals surface area (Å²) in [4.78, 5) is 22.8. The Morgan fingerprint density at radius 1 is 0.939 bits per heavy atom. The Morgan fingerprint density at radius 2 is 1.52 bits per heavy atom. The molecule has 0 unspecified atom stereocenters. The van der Waals surface area contributed by atoms with E-state index in [1.54, 1.807) is 0 Å². The number of ether oxygens (including phenoxy) is 2. The van der Waals surface area contributed by atoms with Crippen LogP contribution in [-0.2, 0) is 15.1 Å². The van der Waals surface area contributed by atoms with Crippen LogP contribution < -0.4 is 4.74 Å². The highest BCUT2D eigenvalue weighted by molar-refractivity contribution is 8.00. The van der Waals surface area contributed by atoms with Crippen molar-refractivity contribution in [3.8, 4) is 23.0 Å². The molecule has 0 saturated heterocycles. The molecule has 3 aromatic carbocycles. The number of phenolic OH excluding ortho intramolecular Hbond substituents is 2. The van der Waals surface area contributed by atoms with Gasteiger partial charge in [-0.3, -0.25) is 4.79 Å². The number of hydrogen-bond acceptors (Lipinski definition) is 7. The number of aliphatic carboxylic acids is 1. The van der Waals surface area contributed by atoms with E-state index >= 15 is 8.78 Å². The SMILES string of the molecule is O=C(O)CSc1c(F)c(F)c2c(c1F)C1(OC2=O)c2ccc(O)cc2Oc2cc(O)ccc21. The van der Waals surface area contributed by atoms with Crippen LogP contribution >= 0.6 is 11.8 Å². The van der Waals surface area contributed by atoms with Crippen LogP contribution in [0.3, 0.4) is 0 Å². The van der Waals surface area contributed by atoms with Crippen molar-refractivity contribution in [2.45, 2.75) is 10.5 Å². The van der Waals surface area contributed by atoms with Gasteiger partial charge in [0.25, 0.3) is 0 Å². The summed E-state index contributed by atoms with van der Waals surface area (Å²) in [5.74, 6) is -8.96. The highest BCUT2D eigenvalue weighted by atomic mass is 32.2. The third kappa shape index (κ3) is 2.85. The first-order chi connectivity index (χ1) is 15.6. The minimum Gasteiger partial charge on any atom is -0.508 e. The summed E-state index contributed by atoms with van der Waals surface area (Å²) in [5, 5.41) is 28.7. The van der Waals surface area contributed by atoms with Gasteiger partial charge in [0.2, 0.25) is 0 Å². The number of carbonyl (C=O) groups excluding carboxylic acids is 1. The molecule has 0 fully saturated rings. The molecule has 2 heterocycles. The maximum atomic E-state index is 15.8. The number of benzene rings is 3. The van der Waals surface area contributed by atoms with E-state index in [2.05, 4.69) is 0 Å². The molecule has 0 radical (unpaired) electrons. The fourth-order valence-corrected chi connectivity index (χ4v) is 4.79. The first-order valence-corrected chi connectivity index (χ1v) is 10.3. The summed E-state index contributed by atoms with van der Waals surface area (Å²) in [6.45, 7) is 0. The Hall–Kier alpha value is -3.86. The van der Waals surface area contributed by atoms with Crippen LogP contribution in [-0.4, -0.2) is 33.0 Å². The van der Waals surface area contributed by atoms with E-state index in [1.807, 2.05) is 0 Å². The van der Waals surface area contributed by atoms with Crippen LogP contribution in [0.5, 0.6) is 23.0 Å². The number of rotatable bonds is 3. The molecule has 0 atom stereocenters. The van der Waals surface area contributed by atoms with Crippen LogP contribution in [0.4, 0.5) is 13.2 Å². The fraction of sp³-hybridized carbons (Fsp3) is 0.0909. The van der Waals surface area contributed by atoms with E-state index in [9.17, 15) is 24.2 Å². The molecule has 0 aromatic heterocycles. The summed E-state index contributed by atoms with van der Waals surface area (Å²) in [6.07, 6.45) is 0. The van der Waals surface area contributed by atoms with Crippen LogP contribution in [0.25, 0.3) is 0 Å². The van der Waals surface area contributed by atoms with E-state index in [0.717, 1.165) is 12.1 Å². The van der Waals surface area contributed by atoms with Crippen molar-refractivity contribution in [1.29, 1.82) is 0 Å². The summed E-state index contributed by atoms with van der Waals surface area (Å²) < 4.78 is 56.7. The van der Waals surface area contributed by atoms with E-state index < -0.39 is 56.8 Å². The summed E-state index contributed by atoms with van der Waals surface area (Å²) >= 11 is 0.210. The zero-order valence-electron chi connectivity index (χ0n) is 16.2. The predicted octanol–water partition coefficient (Wildman–Crippen LogP) is 4.26. The maximum Gasteiger partial charge on any atom is 0.343 e. The number of carboxylic acids is 1. The number of fused-ring (bicyclic) bond motifs is 6. The van der Waals surface area contributed by atoms with Gasteiger partial charge in [-0.1, -0.05) is 0 Å². The topological polar surface area (TPSA) is 113 Å². The highest BCUT2D eigenvalue weighted by Gasteiger charge is 2.57. The van der Waals surface area contributed by atoms with Crippen molar-refractivity contribution in [2.24, 2.45) is 0 Å². The number of thioether (sulfide) groups is 1. The van der Waals surface area contributed by atoms with Gasteiger partial charge in [-0.2, -0.15) is 0 Å². The second-order valence-corrected chi connectivity index (χ2v) is 8.22. The van der Waals surface area contributed by atoms with Crippen LogP contribution in [0.15, 0.2) is 41.3 Å². The third-order valence-corrected chi connectivity index (χ3v) is 6.37.